The molecule has 17 nitrogen and oxygen atoms in total. The van der Waals surface area contributed by atoms with Crippen molar-refractivity contribution in [2.24, 2.45) is 23.7 Å². The Balaban J connectivity index is 5.27. The number of carbonyl (C=O) groups is 4. The molecule has 546 valence electrons. The maximum atomic E-state index is 13.1. The molecule has 19 heteroatoms. The van der Waals surface area contributed by atoms with Crippen molar-refractivity contribution in [2.45, 2.75) is 382 Å². The average molecular weight is 1350 g/mol. The van der Waals surface area contributed by atoms with E-state index in [0.717, 1.165) is 120 Å². The second kappa shape index (κ2) is 62.6. The van der Waals surface area contributed by atoms with Crippen molar-refractivity contribution in [1.29, 1.82) is 0 Å². The molecule has 7 atom stereocenters. The van der Waals surface area contributed by atoms with Gasteiger partial charge in [0.1, 0.15) is 19.3 Å². The summed E-state index contributed by atoms with van der Waals surface area (Å²) in [6.07, 6.45) is 45.7. The van der Waals surface area contributed by atoms with Crippen LogP contribution in [-0.4, -0.2) is 96.7 Å². The van der Waals surface area contributed by atoms with Gasteiger partial charge in [0.25, 0.3) is 0 Å². The predicted octanol–water partition coefficient (Wildman–Crippen LogP) is 20.9. The highest BCUT2D eigenvalue weighted by molar-refractivity contribution is 7.47. The molecule has 0 aliphatic rings. The minimum Gasteiger partial charge on any atom is -0.462 e. The number of hydrogen-bond donors (Lipinski definition) is 3. The number of phosphoric ester groups is 2. The third kappa shape index (κ3) is 64.1. The van der Waals surface area contributed by atoms with Gasteiger partial charge in [-0.2, -0.15) is 0 Å². The lowest BCUT2D eigenvalue weighted by atomic mass is 9.99. The van der Waals surface area contributed by atoms with Crippen molar-refractivity contribution in [1.82, 2.24) is 0 Å². The van der Waals surface area contributed by atoms with E-state index in [1.54, 1.807) is 0 Å². The van der Waals surface area contributed by atoms with Crippen LogP contribution >= 0.6 is 15.6 Å². The standard InChI is InChI=1S/C73H142O17P2/c1-9-65(7)51-43-35-27-23-24-30-40-48-56-73(78)90-69(60-84-71(76)54-46-38-32-31-36-44-52-66(8)10-2)62-88-92(81,82)86-58-67(74)57-85-91(79,80)87-61-68(59-83-70(75)53-45-37-28-21-18-14-16-20-26-34-42-50-64(5)6)89-72(77)55-47-39-29-22-17-13-11-12-15-19-25-33-41-49-63(3)4/h63-69,74H,9-62H2,1-8H3,(H,79,80)(H,81,82)/t65?,66?,67-,68-,69-/m1/s1. The van der Waals surface area contributed by atoms with E-state index < -0.39 is 97.5 Å². The van der Waals surface area contributed by atoms with Crippen molar-refractivity contribution in [3.63, 3.8) is 0 Å². The summed E-state index contributed by atoms with van der Waals surface area (Å²) in [5, 5.41) is 10.6. The number of rotatable bonds is 70. The zero-order valence-corrected chi connectivity index (χ0v) is 62.0. The Kier molecular flexibility index (Phi) is 61.3. The summed E-state index contributed by atoms with van der Waals surface area (Å²) < 4.78 is 68.4. The summed E-state index contributed by atoms with van der Waals surface area (Å²) in [5.41, 5.74) is 0. The number of hydrogen-bond acceptors (Lipinski definition) is 15. The van der Waals surface area contributed by atoms with Gasteiger partial charge in [-0.1, -0.05) is 312 Å². The lowest BCUT2D eigenvalue weighted by molar-refractivity contribution is -0.161. The highest BCUT2D eigenvalue weighted by atomic mass is 31.2. The number of aliphatic hydroxyl groups is 1. The fourth-order valence-corrected chi connectivity index (χ4v) is 12.5. The van der Waals surface area contributed by atoms with Gasteiger partial charge in [-0.05, 0) is 49.4 Å². The number of unbranched alkanes of at least 4 members (excludes halogenated alkanes) is 34. The summed E-state index contributed by atoms with van der Waals surface area (Å²) >= 11 is 0. The van der Waals surface area contributed by atoms with E-state index in [1.807, 2.05) is 0 Å². The molecule has 0 aliphatic carbocycles. The highest BCUT2D eigenvalue weighted by Crippen LogP contribution is 2.45. The van der Waals surface area contributed by atoms with Crippen molar-refractivity contribution >= 4 is 39.5 Å². The first-order valence-electron chi connectivity index (χ1n) is 37.8. The summed E-state index contributed by atoms with van der Waals surface area (Å²) in [6.45, 7) is 14.2. The van der Waals surface area contributed by atoms with Gasteiger partial charge in [-0.15, -0.1) is 0 Å². The minimum absolute atomic E-state index is 0.104. The Morgan fingerprint density at radius 1 is 0.304 bits per heavy atom. The maximum Gasteiger partial charge on any atom is 0.472 e. The number of esters is 4. The van der Waals surface area contributed by atoms with E-state index in [9.17, 15) is 43.2 Å². The monoisotopic (exact) mass is 1350 g/mol. The predicted molar refractivity (Wildman–Crippen MR) is 372 cm³/mol. The summed E-state index contributed by atoms with van der Waals surface area (Å²) in [4.78, 5) is 72.7. The van der Waals surface area contributed by atoms with Crippen LogP contribution in [0.4, 0.5) is 0 Å². The summed E-state index contributed by atoms with van der Waals surface area (Å²) in [7, 11) is -9.91. The van der Waals surface area contributed by atoms with E-state index in [2.05, 4.69) is 55.4 Å². The maximum absolute atomic E-state index is 13.1. The lowest BCUT2D eigenvalue weighted by Crippen LogP contribution is -2.30. The van der Waals surface area contributed by atoms with E-state index in [0.29, 0.717) is 25.7 Å². The first kappa shape index (κ1) is 90.1. The SMILES string of the molecule is CCC(C)CCCCCCCCCCC(=O)O[C@H](COC(=O)CCCCCCCCC(C)CC)COP(=O)(O)OC[C@H](O)COP(=O)(O)OC[C@@H](COC(=O)CCCCCCCCCCCCCC(C)C)OC(=O)CCCCCCCCCCCCCCCC(C)C. The van der Waals surface area contributed by atoms with Crippen LogP contribution in [0.1, 0.15) is 364 Å². The first-order valence-corrected chi connectivity index (χ1v) is 40.8. The number of ether oxygens (including phenoxy) is 4. The Bertz CT molecular complexity index is 1820. The number of aliphatic hydroxyl groups excluding tert-OH is 1. The van der Waals surface area contributed by atoms with Crippen LogP contribution in [-0.2, 0) is 65.4 Å². The normalized spacial score (nSPS) is 14.8. The third-order valence-corrected chi connectivity index (χ3v) is 19.4. The molecule has 0 fully saturated rings. The molecule has 0 aliphatic heterocycles. The topological polar surface area (TPSA) is 237 Å². The van der Waals surface area contributed by atoms with Gasteiger partial charge < -0.3 is 33.8 Å². The molecule has 0 heterocycles. The Hall–Kier alpha value is -1.94. The largest absolute Gasteiger partial charge is 0.472 e. The second-order valence-corrected chi connectivity index (χ2v) is 30.7. The van der Waals surface area contributed by atoms with Crippen LogP contribution in [0, 0.1) is 23.7 Å². The van der Waals surface area contributed by atoms with Gasteiger partial charge in [0, 0.05) is 25.7 Å². The molecule has 3 N–H and O–H groups in total. The average Bonchev–Trinajstić information content (AvgIpc) is 3.73. The van der Waals surface area contributed by atoms with E-state index in [-0.39, 0.29) is 25.7 Å². The first-order chi connectivity index (χ1) is 44.2. The van der Waals surface area contributed by atoms with Crippen LogP contribution in [0.2, 0.25) is 0 Å². The fraction of sp³-hybridized carbons (Fsp3) is 0.945. The molecule has 0 amide bonds. The van der Waals surface area contributed by atoms with Crippen molar-refractivity contribution in [3.8, 4) is 0 Å². The van der Waals surface area contributed by atoms with Gasteiger partial charge in [0.05, 0.1) is 26.4 Å². The van der Waals surface area contributed by atoms with Crippen LogP contribution in [0.25, 0.3) is 0 Å². The molecular weight excluding hydrogens is 1210 g/mol. The van der Waals surface area contributed by atoms with E-state index in [1.165, 1.54) is 161 Å². The summed E-state index contributed by atoms with van der Waals surface area (Å²) in [6, 6.07) is 0. The Morgan fingerprint density at radius 2 is 0.522 bits per heavy atom. The molecule has 0 saturated carbocycles. The summed E-state index contributed by atoms with van der Waals surface area (Å²) in [5.74, 6) is 0.931. The zero-order chi connectivity index (χ0) is 68.2. The van der Waals surface area contributed by atoms with Gasteiger partial charge in [0.15, 0.2) is 12.2 Å². The molecule has 0 bridgehead atoms. The number of carbonyl (C=O) groups excluding carboxylic acids is 4. The molecule has 0 rings (SSSR count). The van der Waals surface area contributed by atoms with Gasteiger partial charge in [0.2, 0.25) is 0 Å². The van der Waals surface area contributed by atoms with E-state index in [4.69, 9.17) is 37.0 Å². The van der Waals surface area contributed by atoms with E-state index >= 15 is 0 Å². The molecular formula is C73H142O17P2. The van der Waals surface area contributed by atoms with Crippen molar-refractivity contribution < 1.29 is 80.2 Å². The second-order valence-electron chi connectivity index (χ2n) is 27.8. The molecule has 0 aromatic rings. The molecule has 4 unspecified atom stereocenters. The van der Waals surface area contributed by atoms with Crippen molar-refractivity contribution in [3.05, 3.63) is 0 Å². The molecule has 0 aromatic carbocycles. The lowest BCUT2D eigenvalue weighted by Gasteiger charge is -2.21. The molecule has 0 saturated heterocycles. The number of phosphoric acid groups is 2. The minimum atomic E-state index is -4.96. The molecule has 92 heavy (non-hydrogen) atoms. The van der Waals surface area contributed by atoms with Crippen LogP contribution in [0.3, 0.4) is 0 Å². The van der Waals surface area contributed by atoms with Gasteiger partial charge >= 0.3 is 39.5 Å². The molecule has 0 radical (unpaired) electrons. The van der Waals surface area contributed by atoms with Gasteiger partial charge in [-0.25, -0.2) is 9.13 Å². The highest BCUT2D eigenvalue weighted by Gasteiger charge is 2.30. The third-order valence-electron chi connectivity index (χ3n) is 17.5. The van der Waals surface area contributed by atoms with Crippen LogP contribution < -0.4 is 0 Å². The van der Waals surface area contributed by atoms with Crippen LogP contribution in [0.15, 0.2) is 0 Å². The quantitative estimate of drug-likeness (QED) is 0.0222. The molecule has 0 aromatic heterocycles. The van der Waals surface area contributed by atoms with Crippen LogP contribution in [0.5, 0.6) is 0 Å². The zero-order valence-electron chi connectivity index (χ0n) is 60.2. The molecule has 0 spiro atoms. The Labute approximate surface area is 562 Å². The Morgan fingerprint density at radius 3 is 0.772 bits per heavy atom. The fourth-order valence-electron chi connectivity index (χ4n) is 11.0. The van der Waals surface area contributed by atoms with Gasteiger partial charge in [-0.3, -0.25) is 37.3 Å². The smallest absolute Gasteiger partial charge is 0.462 e. The van der Waals surface area contributed by atoms with Crippen molar-refractivity contribution in [2.75, 3.05) is 39.6 Å².